The molecule has 0 radical (unpaired) electrons. The maximum Gasteiger partial charge on any atom is 0.447 e. The van der Waals surface area contributed by atoms with Crippen LogP contribution in [0.1, 0.15) is 15.9 Å². The van der Waals surface area contributed by atoms with Crippen LogP contribution < -0.4 is 5.32 Å². The predicted molar refractivity (Wildman–Crippen MR) is 109 cm³/mol. The lowest BCUT2D eigenvalue weighted by Crippen LogP contribution is -2.51. The number of pyridine rings is 1. The number of nitrogens with zero attached hydrogens (tertiary/aromatic N) is 3. The number of hydrogen-bond acceptors (Lipinski definition) is 4. The van der Waals surface area contributed by atoms with Gasteiger partial charge in [-0.3, -0.25) is 4.79 Å². The second kappa shape index (κ2) is 9.13. The van der Waals surface area contributed by atoms with Crippen molar-refractivity contribution in [2.75, 3.05) is 31.5 Å². The van der Waals surface area contributed by atoms with E-state index in [1.807, 2.05) is 6.92 Å². The second-order valence-electron chi connectivity index (χ2n) is 6.58. The van der Waals surface area contributed by atoms with Crippen LogP contribution in [0.15, 0.2) is 41.6 Å². The van der Waals surface area contributed by atoms with E-state index in [1.54, 1.807) is 18.2 Å². The third kappa shape index (κ3) is 5.57. The van der Waals surface area contributed by atoms with Gasteiger partial charge in [0.1, 0.15) is 5.03 Å². The maximum atomic E-state index is 12.7. The molecule has 2 aromatic rings. The number of urea groups is 1. The molecular formula is C19H18ClF3N4O2S. The molecule has 0 bridgehead atoms. The second-order valence-corrected chi connectivity index (χ2v) is 8.04. The van der Waals surface area contributed by atoms with Crippen LogP contribution in [0.4, 0.5) is 23.7 Å². The molecular weight excluding hydrogens is 441 g/mol. The lowest BCUT2D eigenvalue weighted by Gasteiger charge is -2.35. The predicted octanol–water partition coefficient (Wildman–Crippen LogP) is 4.65. The minimum Gasteiger partial charge on any atom is -0.335 e. The minimum atomic E-state index is -4.54. The SMILES string of the molecule is Cc1ccc(NC(=O)N2CCN(C(=O)c3cccnc3SC(F)(F)F)CC2)cc1Cl. The van der Waals surface area contributed by atoms with Crippen LogP contribution in [0, 0.1) is 6.92 Å². The molecule has 11 heteroatoms. The summed E-state index contributed by atoms with van der Waals surface area (Å²) >= 11 is 5.65. The zero-order chi connectivity index (χ0) is 21.9. The average Bonchev–Trinajstić information content (AvgIpc) is 2.69. The highest BCUT2D eigenvalue weighted by molar-refractivity contribution is 8.00. The number of halogens is 4. The summed E-state index contributed by atoms with van der Waals surface area (Å²) in [5.41, 5.74) is -3.20. The first-order valence-corrected chi connectivity index (χ1v) is 10.2. The van der Waals surface area contributed by atoms with E-state index in [0.29, 0.717) is 10.7 Å². The molecule has 1 saturated heterocycles. The Bertz CT molecular complexity index is 950. The number of rotatable bonds is 3. The van der Waals surface area contributed by atoms with Gasteiger partial charge in [-0.2, -0.15) is 13.2 Å². The van der Waals surface area contributed by atoms with Gasteiger partial charge in [-0.05, 0) is 36.8 Å². The van der Waals surface area contributed by atoms with E-state index in [2.05, 4.69) is 10.3 Å². The normalized spacial score (nSPS) is 14.6. The maximum absolute atomic E-state index is 12.7. The van der Waals surface area contributed by atoms with E-state index in [1.165, 1.54) is 28.1 Å². The van der Waals surface area contributed by atoms with Gasteiger partial charge in [-0.25, -0.2) is 9.78 Å². The van der Waals surface area contributed by atoms with Gasteiger partial charge in [0.2, 0.25) is 0 Å². The van der Waals surface area contributed by atoms with E-state index in [4.69, 9.17) is 11.6 Å². The third-order valence-electron chi connectivity index (χ3n) is 4.49. The Labute approximate surface area is 180 Å². The molecule has 1 N–H and O–H groups in total. The summed E-state index contributed by atoms with van der Waals surface area (Å²) in [6.07, 6.45) is 1.21. The Morgan fingerprint density at radius 3 is 2.43 bits per heavy atom. The van der Waals surface area contributed by atoms with Crippen LogP contribution in [0.25, 0.3) is 0 Å². The number of alkyl halides is 3. The fourth-order valence-electron chi connectivity index (χ4n) is 2.90. The molecule has 1 aromatic carbocycles. The van der Waals surface area contributed by atoms with Crippen molar-refractivity contribution < 1.29 is 22.8 Å². The number of piperazine rings is 1. The summed E-state index contributed by atoms with van der Waals surface area (Å²) in [5.74, 6) is -0.541. The molecule has 1 aliphatic rings. The number of carbonyl (C=O) groups excluding carboxylic acids is 2. The molecule has 2 heterocycles. The molecule has 3 rings (SSSR count). The van der Waals surface area contributed by atoms with E-state index >= 15 is 0 Å². The van der Waals surface area contributed by atoms with Crippen LogP contribution in [0.5, 0.6) is 0 Å². The van der Waals surface area contributed by atoms with Crippen molar-refractivity contribution in [2.24, 2.45) is 0 Å². The van der Waals surface area contributed by atoms with Crippen molar-refractivity contribution in [3.8, 4) is 0 Å². The van der Waals surface area contributed by atoms with Crippen molar-refractivity contribution in [3.05, 3.63) is 52.7 Å². The summed E-state index contributed by atoms with van der Waals surface area (Å²) in [6, 6.07) is 7.58. The zero-order valence-electron chi connectivity index (χ0n) is 15.9. The monoisotopic (exact) mass is 458 g/mol. The zero-order valence-corrected chi connectivity index (χ0v) is 17.4. The fraction of sp³-hybridized carbons (Fsp3) is 0.316. The van der Waals surface area contributed by atoms with Crippen molar-refractivity contribution >= 4 is 41.0 Å². The number of aryl methyl sites for hydroxylation is 1. The topological polar surface area (TPSA) is 65.5 Å². The Hall–Kier alpha value is -2.46. The quantitative estimate of drug-likeness (QED) is 0.680. The standard InChI is InChI=1S/C19H18ClF3N4O2S/c1-12-4-5-13(11-15(12)20)25-18(29)27-9-7-26(8-10-27)17(28)14-3-2-6-24-16(14)30-19(21,22)23/h2-6,11H,7-10H2,1H3,(H,25,29). The molecule has 0 atom stereocenters. The third-order valence-corrected chi connectivity index (χ3v) is 5.65. The van der Waals surface area contributed by atoms with Gasteiger partial charge >= 0.3 is 11.5 Å². The summed E-state index contributed by atoms with van der Waals surface area (Å²) in [5, 5.41) is 2.90. The van der Waals surface area contributed by atoms with Crippen molar-refractivity contribution in [1.29, 1.82) is 0 Å². The van der Waals surface area contributed by atoms with E-state index in [9.17, 15) is 22.8 Å². The fourth-order valence-corrected chi connectivity index (χ4v) is 3.68. The lowest BCUT2D eigenvalue weighted by atomic mass is 10.2. The van der Waals surface area contributed by atoms with Crippen LogP contribution >= 0.6 is 23.4 Å². The first-order chi connectivity index (χ1) is 14.1. The molecule has 30 heavy (non-hydrogen) atoms. The van der Waals surface area contributed by atoms with Gasteiger partial charge in [0, 0.05) is 54.8 Å². The van der Waals surface area contributed by atoms with E-state index in [0.717, 1.165) is 5.56 Å². The molecule has 1 aromatic heterocycles. The molecule has 0 unspecified atom stereocenters. The number of carbonyl (C=O) groups is 2. The molecule has 160 valence electrons. The van der Waals surface area contributed by atoms with Gasteiger partial charge < -0.3 is 15.1 Å². The first-order valence-electron chi connectivity index (χ1n) is 8.96. The number of amides is 3. The first kappa shape index (κ1) is 22.2. The van der Waals surface area contributed by atoms with Gasteiger partial charge in [0.15, 0.2) is 0 Å². The molecule has 6 nitrogen and oxygen atoms in total. The Balaban J connectivity index is 1.61. The molecule has 0 saturated carbocycles. The number of anilines is 1. The van der Waals surface area contributed by atoms with Gasteiger partial charge in [-0.15, -0.1) is 0 Å². The minimum absolute atomic E-state index is 0.105. The van der Waals surface area contributed by atoms with E-state index in [-0.39, 0.29) is 42.8 Å². The Morgan fingerprint density at radius 2 is 1.80 bits per heavy atom. The van der Waals surface area contributed by atoms with Gasteiger partial charge in [0.25, 0.3) is 5.91 Å². The number of thioether (sulfide) groups is 1. The van der Waals surface area contributed by atoms with Crippen molar-refractivity contribution in [2.45, 2.75) is 17.5 Å². The molecule has 0 aliphatic carbocycles. The Kier molecular flexibility index (Phi) is 6.77. The number of aromatic nitrogens is 1. The molecule has 1 aliphatic heterocycles. The summed E-state index contributed by atoms with van der Waals surface area (Å²) in [4.78, 5) is 31.8. The molecule has 3 amide bonds. The lowest BCUT2D eigenvalue weighted by molar-refractivity contribution is -0.0329. The van der Waals surface area contributed by atoms with E-state index < -0.39 is 23.2 Å². The highest BCUT2D eigenvalue weighted by Gasteiger charge is 2.34. The highest BCUT2D eigenvalue weighted by atomic mass is 35.5. The Morgan fingerprint density at radius 1 is 1.13 bits per heavy atom. The van der Waals surface area contributed by atoms with Crippen LogP contribution in [0.3, 0.4) is 0 Å². The number of benzene rings is 1. The summed E-state index contributed by atoms with van der Waals surface area (Å²) < 4.78 is 38.2. The molecule has 0 spiro atoms. The smallest absolute Gasteiger partial charge is 0.335 e. The largest absolute Gasteiger partial charge is 0.447 e. The van der Waals surface area contributed by atoms with Crippen molar-refractivity contribution in [3.63, 3.8) is 0 Å². The summed E-state index contributed by atoms with van der Waals surface area (Å²) in [7, 11) is 0. The van der Waals surface area contributed by atoms with Crippen molar-refractivity contribution in [1.82, 2.24) is 14.8 Å². The summed E-state index contributed by atoms with van der Waals surface area (Å²) in [6.45, 7) is 2.75. The number of hydrogen-bond donors (Lipinski definition) is 1. The molecule has 1 fully saturated rings. The van der Waals surface area contributed by atoms with Crippen LogP contribution in [-0.4, -0.2) is 58.4 Å². The van der Waals surface area contributed by atoms with Crippen LogP contribution in [-0.2, 0) is 0 Å². The van der Waals surface area contributed by atoms with Gasteiger partial charge in [0.05, 0.1) is 5.56 Å². The average molecular weight is 459 g/mol. The van der Waals surface area contributed by atoms with Crippen LogP contribution in [0.2, 0.25) is 5.02 Å². The van der Waals surface area contributed by atoms with Gasteiger partial charge in [-0.1, -0.05) is 17.7 Å². The highest BCUT2D eigenvalue weighted by Crippen LogP contribution is 2.37. The number of nitrogens with one attached hydrogen (secondary N) is 1.